The molecule has 0 spiro atoms. The van der Waals surface area contributed by atoms with E-state index in [9.17, 15) is 35.9 Å². The Balaban J connectivity index is 1.50. The van der Waals surface area contributed by atoms with Crippen LogP contribution in [0.4, 0.5) is 26.3 Å². The Labute approximate surface area is 213 Å². The first kappa shape index (κ1) is 27.3. The van der Waals surface area contributed by atoms with Gasteiger partial charge in [-0.15, -0.1) is 10.2 Å². The molecule has 4 aromatic rings. The lowest BCUT2D eigenvalue weighted by molar-refractivity contribution is -0.143. The molecule has 0 atom stereocenters. The van der Waals surface area contributed by atoms with Crippen LogP contribution in [-0.2, 0) is 38.4 Å². The molecule has 3 aromatic heterocycles. The monoisotopic (exact) mass is 564 g/mol. The first-order chi connectivity index (χ1) is 17.8. The zero-order chi connectivity index (χ0) is 27.8. The second-order valence-corrected chi connectivity index (χ2v) is 8.72. The normalized spacial score (nSPS) is 12.5. The summed E-state index contributed by atoms with van der Waals surface area (Å²) in [5.41, 5.74) is -4.15. The van der Waals surface area contributed by atoms with Crippen LogP contribution in [0.5, 0.6) is 0 Å². The fourth-order valence-corrected chi connectivity index (χ4v) is 4.05. The number of imidazole rings is 1. The number of nitrogens with zero attached hydrogens (tertiary/aromatic N) is 7. The van der Waals surface area contributed by atoms with Crippen molar-refractivity contribution in [1.82, 2.24) is 39.3 Å². The van der Waals surface area contributed by atoms with Crippen LogP contribution in [0.1, 0.15) is 42.3 Å². The number of fused-ring (bicyclic) bond motifs is 1. The number of H-pyrrole nitrogens is 1. The predicted molar refractivity (Wildman–Crippen MR) is 122 cm³/mol. The van der Waals surface area contributed by atoms with Gasteiger partial charge in [0.15, 0.2) is 17.0 Å². The number of tetrazole rings is 1. The molecule has 0 saturated carbocycles. The molecule has 17 heteroatoms. The fourth-order valence-electron chi connectivity index (χ4n) is 3.88. The maximum Gasteiger partial charge on any atom is 0.416 e. The number of aromatic amines is 1. The number of rotatable bonds is 8. The Kier molecular flexibility index (Phi) is 7.36. The first-order valence-electron chi connectivity index (χ1n) is 11.2. The molecule has 0 bridgehead atoms. The summed E-state index contributed by atoms with van der Waals surface area (Å²) in [6, 6.07) is 1.24. The molecule has 1 aromatic carbocycles. The lowest BCUT2D eigenvalue weighted by Crippen LogP contribution is -2.40. The van der Waals surface area contributed by atoms with Gasteiger partial charge < -0.3 is 4.98 Å². The molecule has 0 saturated heterocycles. The molecule has 0 aliphatic heterocycles. The minimum absolute atomic E-state index is 0.0343. The van der Waals surface area contributed by atoms with Gasteiger partial charge in [0.25, 0.3) is 5.56 Å². The molecule has 4 rings (SSSR count). The van der Waals surface area contributed by atoms with E-state index in [4.69, 9.17) is 11.6 Å². The molecule has 204 valence electrons. The minimum atomic E-state index is -4.97. The van der Waals surface area contributed by atoms with Gasteiger partial charge in [0, 0.05) is 19.5 Å². The van der Waals surface area contributed by atoms with Crippen molar-refractivity contribution < 1.29 is 26.3 Å². The number of halogens is 7. The summed E-state index contributed by atoms with van der Waals surface area (Å²) in [7, 11) is 0. The Hall–Kier alpha value is -3.69. The van der Waals surface area contributed by atoms with E-state index in [2.05, 4.69) is 25.4 Å². The molecule has 0 fully saturated rings. The summed E-state index contributed by atoms with van der Waals surface area (Å²) in [6.07, 6.45) is -9.59. The first-order valence-corrected chi connectivity index (χ1v) is 11.6. The van der Waals surface area contributed by atoms with Crippen LogP contribution < -0.4 is 11.2 Å². The smallest absolute Gasteiger partial charge is 0.323 e. The van der Waals surface area contributed by atoms with Crippen LogP contribution in [0.3, 0.4) is 0 Å². The van der Waals surface area contributed by atoms with E-state index in [-0.39, 0.29) is 53.4 Å². The van der Waals surface area contributed by atoms with Gasteiger partial charge in [-0.1, -0.05) is 6.92 Å². The van der Waals surface area contributed by atoms with Gasteiger partial charge in [0.2, 0.25) is 5.28 Å². The van der Waals surface area contributed by atoms with E-state index in [1.165, 1.54) is 4.57 Å². The van der Waals surface area contributed by atoms with Crippen molar-refractivity contribution in [1.29, 1.82) is 0 Å². The quantitative estimate of drug-likeness (QED) is 0.258. The Bertz CT molecular complexity index is 1550. The molecule has 38 heavy (non-hydrogen) atoms. The highest BCUT2D eigenvalue weighted by Gasteiger charge is 2.37. The molecular weight excluding hydrogens is 546 g/mol. The molecule has 0 unspecified atom stereocenters. The highest BCUT2D eigenvalue weighted by atomic mass is 35.5. The highest BCUT2D eigenvalue weighted by Crippen LogP contribution is 2.36. The zero-order valence-electron chi connectivity index (χ0n) is 19.6. The van der Waals surface area contributed by atoms with Gasteiger partial charge in [-0.25, -0.2) is 4.79 Å². The average Bonchev–Trinajstić information content (AvgIpc) is 3.43. The number of nitrogens with one attached hydrogen (secondary N) is 1. The highest BCUT2D eigenvalue weighted by molar-refractivity contribution is 6.28. The van der Waals surface area contributed by atoms with E-state index in [1.54, 1.807) is 0 Å². The van der Waals surface area contributed by atoms with Crippen molar-refractivity contribution >= 4 is 22.8 Å². The zero-order valence-corrected chi connectivity index (χ0v) is 20.3. The van der Waals surface area contributed by atoms with Crippen LogP contribution in [0.15, 0.2) is 27.8 Å². The third kappa shape index (κ3) is 5.74. The van der Waals surface area contributed by atoms with E-state index < -0.39 is 41.1 Å². The summed E-state index contributed by atoms with van der Waals surface area (Å²) in [4.78, 5) is 33.4. The average molecular weight is 565 g/mol. The number of alkyl halides is 6. The van der Waals surface area contributed by atoms with Crippen LogP contribution in [0, 0.1) is 0 Å². The number of hydrogen-bond donors (Lipinski definition) is 1. The van der Waals surface area contributed by atoms with Crippen LogP contribution in [0.25, 0.3) is 11.2 Å². The minimum Gasteiger partial charge on any atom is -0.323 e. The second-order valence-electron chi connectivity index (χ2n) is 8.36. The summed E-state index contributed by atoms with van der Waals surface area (Å²) >= 11 is 5.87. The van der Waals surface area contributed by atoms with Crippen molar-refractivity contribution in [3.63, 3.8) is 0 Å². The number of aryl methyl sites for hydroxylation is 2. The molecule has 1 N–H and O–H groups in total. The summed E-state index contributed by atoms with van der Waals surface area (Å²) in [5, 5.41) is 11.4. The summed E-state index contributed by atoms with van der Waals surface area (Å²) < 4.78 is 80.9. The molecule has 0 aliphatic rings. The summed E-state index contributed by atoms with van der Waals surface area (Å²) in [5.74, 6) is -0.103. The van der Waals surface area contributed by atoms with Crippen molar-refractivity contribution in [3.8, 4) is 0 Å². The van der Waals surface area contributed by atoms with Gasteiger partial charge >= 0.3 is 18.0 Å². The maximum atomic E-state index is 13.1. The van der Waals surface area contributed by atoms with E-state index in [0.717, 1.165) is 9.36 Å². The molecule has 0 aliphatic carbocycles. The van der Waals surface area contributed by atoms with E-state index >= 15 is 0 Å². The maximum absolute atomic E-state index is 13.1. The van der Waals surface area contributed by atoms with Crippen LogP contribution in [-0.4, -0.2) is 39.3 Å². The van der Waals surface area contributed by atoms with Crippen molar-refractivity contribution in [2.45, 2.75) is 58.2 Å². The van der Waals surface area contributed by atoms with Crippen molar-refractivity contribution in [2.24, 2.45) is 0 Å². The van der Waals surface area contributed by atoms with Crippen LogP contribution in [0.2, 0.25) is 5.28 Å². The number of benzene rings is 1. The fraction of sp³-hybridized carbons (Fsp3) is 0.429. The van der Waals surface area contributed by atoms with Gasteiger partial charge in [-0.3, -0.25) is 13.9 Å². The second kappa shape index (κ2) is 10.2. The third-order valence-electron chi connectivity index (χ3n) is 5.52. The number of aromatic nitrogens is 8. The Morgan fingerprint density at radius 1 is 0.947 bits per heavy atom. The standard InChI is InChI=1S/C21H19ClF6N8O2/c1-2-4-34-16-15(29-18(22)30-16)17(37)35(19(34)38)5-3-6-36-32-14(31-33-36)9-11-7-12(20(23,24)25)10-13(8-11)21(26,27)28/h7-8,10H,2-6,9H2,1H3,(H,29,30). The molecule has 0 radical (unpaired) electrons. The largest absolute Gasteiger partial charge is 0.416 e. The predicted octanol–water partition coefficient (Wildman–Crippen LogP) is 3.65. The Morgan fingerprint density at radius 3 is 2.21 bits per heavy atom. The van der Waals surface area contributed by atoms with E-state index in [1.807, 2.05) is 6.92 Å². The molecular formula is C21H19ClF6N8O2. The third-order valence-corrected chi connectivity index (χ3v) is 5.70. The van der Waals surface area contributed by atoms with E-state index in [0.29, 0.717) is 25.1 Å². The molecule has 10 nitrogen and oxygen atoms in total. The van der Waals surface area contributed by atoms with Crippen LogP contribution >= 0.6 is 11.6 Å². The molecule has 0 amide bonds. The van der Waals surface area contributed by atoms with Gasteiger partial charge in [-0.2, -0.15) is 36.1 Å². The summed E-state index contributed by atoms with van der Waals surface area (Å²) in [6.45, 7) is 2.17. The van der Waals surface area contributed by atoms with Gasteiger partial charge in [0.05, 0.1) is 17.7 Å². The topological polar surface area (TPSA) is 116 Å². The Morgan fingerprint density at radius 2 is 1.61 bits per heavy atom. The van der Waals surface area contributed by atoms with Gasteiger partial charge in [-0.05, 0) is 53.4 Å². The lowest BCUT2D eigenvalue weighted by atomic mass is 10.0. The molecule has 3 heterocycles. The van der Waals surface area contributed by atoms with Gasteiger partial charge in [0.1, 0.15) is 0 Å². The van der Waals surface area contributed by atoms with Crippen molar-refractivity contribution in [3.05, 3.63) is 66.8 Å². The SMILES string of the molecule is CCCn1c(=O)n(CCCn2nnc(Cc3cc(C(F)(F)F)cc(C(F)(F)F)c3)n2)c(=O)c2[nH]c(Cl)nc21. The number of hydrogen-bond acceptors (Lipinski definition) is 6. The van der Waals surface area contributed by atoms with Crippen molar-refractivity contribution in [2.75, 3.05) is 0 Å². The lowest BCUT2D eigenvalue weighted by Gasteiger charge is -2.13.